The van der Waals surface area contributed by atoms with Crippen LogP contribution in [0.15, 0.2) is 71.9 Å². The molecule has 8 N–H and O–H groups in total. The van der Waals surface area contributed by atoms with Crippen LogP contribution < -0.4 is 31.3 Å². The minimum absolute atomic E-state index is 0.0496. The number of allylic oxidation sites excluding steroid dienone is 1. The molecule has 3 atom stereocenters. The second kappa shape index (κ2) is 35.4. The molecule has 1 aliphatic carbocycles. The molecule has 4 aliphatic heterocycles. The number of hydrogen-bond acceptors (Lipinski definition) is 17. The predicted octanol–water partition coefficient (Wildman–Crippen LogP) is 5.78. The summed E-state index contributed by atoms with van der Waals surface area (Å²) < 4.78 is 96.5. The maximum atomic E-state index is 13.9. The molecule has 0 spiro atoms. The van der Waals surface area contributed by atoms with Gasteiger partial charge >= 0.3 is 5.97 Å². The molecule has 2 unspecified atom stereocenters. The molecule has 4 saturated heterocycles. The van der Waals surface area contributed by atoms with E-state index in [4.69, 9.17) is 30.2 Å². The maximum Gasteiger partial charge on any atom is 0.313 e. The van der Waals surface area contributed by atoms with Crippen molar-refractivity contribution in [3.05, 3.63) is 95.3 Å². The Balaban J connectivity index is 0.618. The number of piperidine rings is 1. The highest BCUT2D eigenvalue weighted by Crippen LogP contribution is 2.40. The minimum atomic E-state index is -2.69. The van der Waals surface area contributed by atoms with E-state index in [1.165, 1.54) is 0 Å². The van der Waals surface area contributed by atoms with Crippen LogP contribution in [0.25, 0.3) is 0 Å². The normalized spacial score (nSPS) is 20.7. The first-order valence-corrected chi connectivity index (χ1v) is 31.9. The van der Waals surface area contributed by atoms with E-state index in [9.17, 15) is 41.7 Å². The number of hydrogen-bond donors (Lipinski definition) is 6. The average Bonchev–Trinajstić information content (AvgIpc) is 1.48. The molecule has 3 aromatic rings. The zero-order valence-corrected chi connectivity index (χ0v) is 51.8. The molecular formula is C63H91F5N14O8+2. The molecule has 5 fully saturated rings. The Bertz CT molecular complexity index is 2820. The molecular weight excluding hydrogens is 1180 g/mol. The number of nitrogens with zero attached hydrogens (tertiary/aromatic N) is 8. The topological polar surface area (TPSA) is 266 Å². The van der Waals surface area contributed by atoms with E-state index in [1.54, 1.807) is 12.4 Å². The quantitative estimate of drug-likeness (QED) is 0.00589. The number of esters is 1. The number of amidine groups is 2. The number of benzene rings is 2. The van der Waals surface area contributed by atoms with Gasteiger partial charge in [-0.3, -0.25) is 24.2 Å². The van der Waals surface area contributed by atoms with Crippen molar-refractivity contribution >= 4 is 35.4 Å². The lowest BCUT2D eigenvalue weighted by Crippen LogP contribution is -2.79. The van der Waals surface area contributed by atoms with Crippen molar-refractivity contribution < 1.29 is 69.9 Å². The number of nitrogens with one attached hydrogen (secondary N) is 4. The molecule has 5 aliphatic rings. The zero-order chi connectivity index (χ0) is 63.8. The third kappa shape index (κ3) is 21.3. The molecule has 2 amide bonds. The van der Waals surface area contributed by atoms with Gasteiger partial charge in [0.25, 0.3) is 5.91 Å². The second-order valence-corrected chi connectivity index (χ2v) is 24.0. The fraction of sp³-hybridized carbons (Fsp3) is 0.635. The smallest absolute Gasteiger partial charge is 0.313 e. The highest BCUT2D eigenvalue weighted by Gasteiger charge is 2.46. The monoisotopic (exact) mass is 1270 g/mol. The maximum absolute atomic E-state index is 13.9. The third-order valence-electron chi connectivity index (χ3n) is 17.6. The number of rotatable bonds is 36. The first-order valence-electron chi connectivity index (χ1n) is 31.9. The summed E-state index contributed by atoms with van der Waals surface area (Å²) in [5.41, 5.74) is 16.3. The van der Waals surface area contributed by atoms with E-state index in [-0.39, 0.29) is 81.7 Å². The molecule has 5 heterocycles. The number of fused-ring (bicyclic) bond motifs is 2. The number of halogens is 5. The van der Waals surface area contributed by atoms with E-state index in [1.807, 2.05) is 58.2 Å². The SMILES string of the molecule is CC(N)=[N+](C(=N)C1CN(c2ncc(C(=O)NCCN3CCN(CCCC/C(=C/[NH2+]CCOCCOCCOCCOCCC(=O)Oc4c(F)cc(F)cc4F)N=N)CC3)cn2)C1)C1CC2CCC(C1)N2CC[C@H](NC(=O)C1CCC(F)(F)CC1)c1ccccc1. The summed E-state index contributed by atoms with van der Waals surface area (Å²) in [7, 11) is 0. The highest BCUT2D eigenvalue weighted by molar-refractivity contribution is 5.93. The van der Waals surface area contributed by atoms with E-state index < -0.39 is 41.0 Å². The van der Waals surface area contributed by atoms with Crippen molar-refractivity contribution in [3.63, 3.8) is 0 Å². The van der Waals surface area contributed by atoms with Crippen molar-refractivity contribution in [2.45, 2.75) is 120 Å². The van der Waals surface area contributed by atoms with Gasteiger partial charge in [-0.25, -0.2) is 42.0 Å². The molecule has 0 radical (unpaired) electrons. The molecule has 90 heavy (non-hydrogen) atoms. The summed E-state index contributed by atoms with van der Waals surface area (Å²) in [4.78, 5) is 56.8. The Morgan fingerprint density at radius 1 is 0.811 bits per heavy atom. The fourth-order valence-electron chi connectivity index (χ4n) is 12.6. The van der Waals surface area contributed by atoms with Crippen molar-refractivity contribution in [1.29, 1.82) is 10.9 Å². The highest BCUT2D eigenvalue weighted by atomic mass is 19.3. The lowest BCUT2D eigenvalue weighted by Gasteiger charge is -2.42. The number of carbonyl (C=O) groups excluding carboxylic acids is 3. The van der Waals surface area contributed by atoms with Crippen molar-refractivity contribution in [2.24, 2.45) is 22.7 Å². The van der Waals surface area contributed by atoms with Crippen LogP contribution in [0.1, 0.15) is 112 Å². The fourth-order valence-corrected chi connectivity index (χ4v) is 12.6. The van der Waals surface area contributed by atoms with Gasteiger partial charge in [-0.1, -0.05) is 30.3 Å². The Morgan fingerprint density at radius 2 is 1.41 bits per heavy atom. The molecule has 8 rings (SSSR count). The average molecular weight is 1270 g/mol. The molecule has 494 valence electrons. The number of amides is 2. The number of quaternary nitrogens is 1. The van der Waals surface area contributed by atoms with Gasteiger partial charge in [-0.15, -0.1) is 0 Å². The van der Waals surface area contributed by atoms with Crippen molar-refractivity contribution in [3.8, 4) is 5.75 Å². The second-order valence-electron chi connectivity index (χ2n) is 24.0. The minimum Gasteiger partial charge on any atom is -0.420 e. The lowest BCUT2D eigenvalue weighted by atomic mass is 9.86. The van der Waals surface area contributed by atoms with Crippen LogP contribution in [-0.4, -0.2) is 208 Å². The van der Waals surface area contributed by atoms with Gasteiger partial charge in [0, 0.05) is 121 Å². The van der Waals surface area contributed by atoms with Crippen LogP contribution in [0.2, 0.25) is 0 Å². The Kier molecular flexibility index (Phi) is 27.3. The van der Waals surface area contributed by atoms with E-state index in [2.05, 4.69) is 45.2 Å². The van der Waals surface area contributed by atoms with Crippen LogP contribution in [-0.2, 0) is 28.5 Å². The van der Waals surface area contributed by atoms with Gasteiger partial charge in [-0.05, 0) is 76.3 Å². The molecule has 22 nitrogen and oxygen atoms in total. The van der Waals surface area contributed by atoms with Crippen LogP contribution in [0.4, 0.5) is 27.9 Å². The summed E-state index contributed by atoms with van der Waals surface area (Å²) in [5, 5.41) is 21.3. The number of ether oxygens (including phenoxy) is 5. The first kappa shape index (κ1) is 69.4. The third-order valence-corrected chi connectivity index (χ3v) is 17.6. The van der Waals surface area contributed by atoms with Crippen LogP contribution in [0, 0.1) is 40.2 Å². The number of piperazine rings is 1. The molecule has 1 aromatic heterocycles. The van der Waals surface area contributed by atoms with Crippen LogP contribution in [0.3, 0.4) is 0 Å². The van der Waals surface area contributed by atoms with Crippen LogP contribution in [0.5, 0.6) is 5.75 Å². The number of nitrogens with two attached hydrogens (primary N) is 2. The molecule has 2 bridgehead atoms. The predicted molar refractivity (Wildman–Crippen MR) is 325 cm³/mol. The summed E-state index contributed by atoms with van der Waals surface area (Å²) >= 11 is 0. The van der Waals surface area contributed by atoms with Gasteiger partial charge in [-0.2, -0.15) is 10.5 Å². The zero-order valence-electron chi connectivity index (χ0n) is 51.8. The summed E-state index contributed by atoms with van der Waals surface area (Å²) in [6, 6.07) is 11.3. The number of anilines is 1. The summed E-state index contributed by atoms with van der Waals surface area (Å²) in [5.74, 6) is -7.47. The molecule has 1 saturated carbocycles. The Hall–Kier alpha value is -6.46. The van der Waals surface area contributed by atoms with Crippen LogP contribution >= 0.6 is 0 Å². The van der Waals surface area contributed by atoms with Crippen molar-refractivity contribution in [1.82, 2.24) is 35.3 Å². The standard InChI is InChI=1S/C63H89F5N14O8/c1-44(69)82(53-37-51-10-11-52(38-53)81(51)21-14-56(45-7-3-2-4-8-45)76-61(85)46-12-16-63(67,68)17-13-46)59(70)48-42-80(43-48)62-74-39-47(40-75-62)60(84)73-18-22-79-25-23-78(24-26-79)20-6-5-9-50(77-71)41-72-19-28-87-30-32-89-34-33-88-31-29-86-27-15-57(83)90-58-54(65)35-49(64)36-55(58)66/h2-4,7-8,35-36,39-41,46,48,51-53,56,69-70H,5-6,9-34,37-38,42-43H2,1H3,(H4,71,72,73,76,84,85)/p+2/t51?,52?,53?,56-/m0/s1. The van der Waals surface area contributed by atoms with Gasteiger partial charge in [0.1, 0.15) is 24.3 Å². The summed E-state index contributed by atoms with van der Waals surface area (Å²) in [6.07, 6.45) is 11.9. The molecule has 2 aromatic carbocycles. The largest absolute Gasteiger partial charge is 0.420 e. The van der Waals surface area contributed by atoms with Crippen molar-refractivity contribution in [2.75, 3.05) is 130 Å². The summed E-state index contributed by atoms with van der Waals surface area (Å²) in [6.45, 7) is 12.8. The van der Waals surface area contributed by atoms with E-state index in [0.717, 1.165) is 102 Å². The number of aromatic nitrogens is 2. The number of alkyl halides is 2. The number of carbonyl (C=O) groups is 3. The van der Waals surface area contributed by atoms with Gasteiger partial charge in [0.05, 0.1) is 82.8 Å². The van der Waals surface area contributed by atoms with Gasteiger partial charge < -0.3 is 55.2 Å². The van der Waals surface area contributed by atoms with Gasteiger partial charge in [0.15, 0.2) is 17.5 Å². The van der Waals surface area contributed by atoms with E-state index in [0.29, 0.717) is 113 Å². The van der Waals surface area contributed by atoms with Gasteiger partial charge in [0.2, 0.25) is 29.4 Å². The Morgan fingerprint density at radius 3 is 2.02 bits per heavy atom. The molecule has 27 heteroatoms. The Labute approximate surface area is 523 Å². The first-order chi connectivity index (χ1) is 43.5. The number of unbranched alkanes of at least 4 members (excludes halogenated alkanes) is 1. The lowest BCUT2D eigenvalue weighted by molar-refractivity contribution is -0.590. The van der Waals surface area contributed by atoms with E-state index >= 15 is 0 Å².